The summed E-state index contributed by atoms with van der Waals surface area (Å²) in [6.45, 7) is 11.0. The standard InChI is InChI=1S/C22H31N3O3S.HI/c1-5-23-20(25-15-22(4,26)19-7-6-12-29-19)24-14-21(2,3)16-8-9-17-18(13-16)28-11-10-27-17;/h6-9,12-13,26H,5,10-11,14-15H2,1-4H3,(H2,23,24,25);1H. The van der Waals surface area contributed by atoms with Crippen molar-refractivity contribution in [2.24, 2.45) is 4.99 Å². The van der Waals surface area contributed by atoms with Crippen LogP contribution in [0.2, 0.25) is 0 Å². The first-order chi connectivity index (χ1) is 13.8. The highest BCUT2D eigenvalue weighted by Gasteiger charge is 2.26. The number of aliphatic imine (C=N–C) groups is 1. The molecule has 1 aliphatic heterocycles. The number of ether oxygens (including phenoxy) is 2. The van der Waals surface area contributed by atoms with Crippen molar-refractivity contribution in [2.45, 2.75) is 38.7 Å². The number of aliphatic hydroxyl groups is 1. The third-order valence-corrected chi connectivity index (χ3v) is 6.08. The number of nitrogens with one attached hydrogen (secondary N) is 2. The molecule has 1 aliphatic rings. The molecule has 0 fully saturated rings. The minimum absolute atomic E-state index is 0. The summed E-state index contributed by atoms with van der Waals surface area (Å²) in [5.74, 6) is 2.28. The normalized spacial score (nSPS) is 15.7. The Hall–Kier alpha value is -1.52. The fourth-order valence-electron chi connectivity index (χ4n) is 3.10. The van der Waals surface area contributed by atoms with Crippen LogP contribution < -0.4 is 20.1 Å². The molecule has 1 atom stereocenters. The molecule has 0 aliphatic carbocycles. The zero-order chi connectivity index (χ0) is 20.9. The van der Waals surface area contributed by atoms with Gasteiger partial charge < -0.3 is 25.2 Å². The molecule has 0 radical (unpaired) electrons. The van der Waals surface area contributed by atoms with Crippen LogP contribution in [0.1, 0.15) is 38.1 Å². The van der Waals surface area contributed by atoms with Gasteiger partial charge >= 0.3 is 0 Å². The molecule has 3 N–H and O–H groups in total. The fraction of sp³-hybridized carbons (Fsp3) is 0.500. The maximum atomic E-state index is 10.7. The summed E-state index contributed by atoms with van der Waals surface area (Å²) in [5, 5.41) is 19.3. The molecule has 0 saturated heterocycles. The minimum atomic E-state index is -0.949. The summed E-state index contributed by atoms with van der Waals surface area (Å²) in [7, 11) is 0. The van der Waals surface area contributed by atoms with Crippen LogP contribution in [0.15, 0.2) is 40.7 Å². The molecule has 0 amide bonds. The zero-order valence-corrected chi connectivity index (χ0v) is 21.2. The number of nitrogens with zero attached hydrogens (tertiary/aromatic N) is 1. The first kappa shape index (κ1) is 24.7. The Morgan fingerprint density at radius 2 is 1.87 bits per heavy atom. The number of rotatable bonds is 7. The molecule has 1 aromatic carbocycles. The Morgan fingerprint density at radius 1 is 1.13 bits per heavy atom. The average Bonchev–Trinajstić information content (AvgIpc) is 3.26. The van der Waals surface area contributed by atoms with Gasteiger partial charge in [0, 0.05) is 16.8 Å². The highest BCUT2D eigenvalue weighted by molar-refractivity contribution is 14.0. The van der Waals surface area contributed by atoms with Gasteiger partial charge in [-0.2, -0.15) is 0 Å². The molecule has 3 rings (SSSR count). The SMILES string of the molecule is CCNC(=NCC(C)(C)c1ccc2c(c1)OCCO2)NCC(C)(O)c1cccs1.I. The van der Waals surface area contributed by atoms with Gasteiger partial charge in [0.05, 0.1) is 13.1 Å². The van der Waals surface area contributed by atoms with Crippen LogP contribution in [0.5, 0.6) is 11.5 Å². The van der Waals surface area contributed by atoms with Gasteiger partial charge in [-0.15, -0.1) is 35.3 Å². The third kappa shape index (κ3) is 6.24. The molecule has 2 aromatic rings. The number of guanidine groups is 1. The quantitative estimate of drug-likeness (QED) is 0.280. The summed E-state index contributed by atoms with van der Waals surface area (Å²) in [6, 6.07) is 9.99. The predicted molar refractivity (Wildman–Crippen MR) is 134 cm³/mol. The van der Waals surface area contributed by atoms with Gasteiger partial charge in [0.15, 0.2) is 17.5 Å². The number of hydrogen-bond acceptors (Lipinski definition) is 5. The van der Waals surface area contributed by atoms with E-state index in [4.69, 9.17) is 14.5 Å². The Kier molecular flexibility index (Phi) is 8.81. The monoisotopic (exact) mass is 545 g/mol. The lowest BCUT2D eigenvalue weighted by Crippen LogP contribution is -2.44. The van der Waals surface area contributed by atoms with Gasteiger partial charge in [0.2, 0.25) is 0 Å². The van der Waals surface area contributed by atoms with Crippen LogP contribution in [-0.4, -0.2) is 43.9 Å². The Labute approximate surface area is 200 Å². The predicted octanol–water partition coefficient (Wildman–Crippen LogP) is 3.88. The lowest BCUT2D eigenvalue weighted by Gasteiger charge is -2.27. The van der Waals surface area contributed by atoms with Crippen LogP contribution in [0.3, 0.4) is 0 Å². The minimum Gasteiger partial charge on any atom is -0.486 e. The van der Waals surface area contributed by atoms with Crippen LogP contribution in [0.4, 0.5) is 0 Å². The zero-order valence-electron chi connectivity index (χ0n) is 18.0. The van der Waals surface area contributed by atoms with Gasteiger partial charge in [0.25, 0.3) is 0 Å². The third-order valence-electron chi connectivity index (χ3n) is 4.95. The van der Waals surface area contributed by atoms with Crippen molar-refractivity contribution >= 4 is 41.3 Å². The molecule has 1 unspecified atom stereocenters. The molecule has 0 saturated carbocycles. The molecule has 166 valence electrons. The van der Waals surface area contributed by atoms with Crippen molar-refractivity contribution in [3.05, 3.63) is 46.2 Å². The van der Waals surface area contributed by atoms with Gasteiger partial charge in [0.1, 0.15) is 18.8 Å². The first-order valence-electron chi connectivity index (χ1n) is 10.0. The Bertz CT molecular complexity index is 838. The molecule has 30 heavy (non-hydrogen) atoms. The maximum Gasteiger partial charge on any atom is 0.191 e. The average molecular weight is 545 g/mol. The lowest BCUT2D eigenvalue weighted by molar-refractivity contribution is 0.0655. The molecule has 8 heteroatoms. The van der Waals surface area contributed by atoms with E-state index in [1.54, 1.807) is 11.3 Å². The van der Waals surface area contributed by atoms with Gasteiger partial charge in [-0.25, -0.2) is 0 Å². The van der Waals surface area contributed by atoms with Gasteiger partial charge in [-0.1, -0.05) is 26.0 Å². The Morgan fingerprint density at radius 3 is 2.53 bits per heavy atom. The van der Waals surface area contributed by atoms with E-state index < -0.39 is 5.60 Å². The van der Waals surface area contributed by atoms with Crippen molar-refractivity contribution in [3.63, 3.8) is 0 Å². The molecule has 1 aromatic heterocycles. The summed E-state index contributed by atoms with van der Waals surface area (Å²) in [4.78, 5) is 5.70. The van der Waals surface area contributed by atoms with Crippen LogP contribution in [0, 0.1) is 0 Å². The van der Waals surface area contributed by atoms with Crippen molar-refractivity contribution in [3.8, 4) is 11.5 Å². The molecular weight excluding hydrogens is 513 g/mol. The summed E-state index contributed by atoms with van der Waals surface area (Å²) in [5.41, 5.74) is 0.0106. The molecule has 0 spiro atoms. The summed E-state index contributed by atoms with van der Waals surface area (Å²) >= 11 is 1.55. The summed E-state index contributed by atoms with van der Waals surface area (Å²) < 4.78 is 11.3. The van der Waals surface area contributed by atoms with E-state index in [1.165, 1.54) is 0 Å². The largest absolute Gasteiger partial charge is 0.486 e. The lowest BCUT2D eigenvalue weighted by atomic mass is 9.84. The van der Waals surface area contributed by atoms with Crippen molar-refractivity contribution < 1.29 is 14.6 Å². The molecular formula is C22H32IN3O3S. The van der Waals surface area contributed by atoms with E-state index in [-0.39, 0.29) is 29.4 Å². The molecule has 6 nitrogen and oxygen atoms in total. The highest BCUT2D eigenvalue weighted by Crippen LogP contribution is 2.35. The maximum absolute atomic E-state index is 10.7. The second-order valence-corrected chi connectivity index (χ2v) is 8.99. The van der Waals surface area contributed by atoms with E-state index >= 15 is 0 Å². The van der Waals surface area contributed by atoms with E-state index in [0.717, 1.165) is 28.5 Å². The highest BCUT2D eigenvalue weighted by atomic mass is 127. The number of fused-ring (bicyclic) bond motifs is 1. The fourth-order valence-corrected chi connectivity index (χ4v) is 3.89. The molecule has 0 bridgehead atoms. The smallest absolute Gasteiger partial charge is 0.191 e. The molecule has 2 heterocycles. The summed E-state index contributed by atoms with van der Waals surface area (Å²) in [6.07, 6.45) is 0. The van der Waals surface area contributed by atoms with E-state index in [2.05, 4.69) is 30.5 Å². The number of halogens is 1. The first-order valence-corrected chi connectivity index (χ1v) is 10.9. The van der Waals surface area contributed by atoms with E-state index in [9.17, 15) is 5.11 Å². The topological polar surface area (TPSA) is 75.1 Å². The van der Waals surface area contributed by atoms with Crippen LogP contribution in [-0.2, 0) is 11.0 Å². The van der Waals surface area contributed by atoms with Gasteiger partial charge in [-0.3, -0.25) is 4.99 Å². The van der Waals surface area contributed by atoms with Crippen molar-refractivity contribution in [1.82, 2.24) is 10.6 Å². The van der Waals surface area contributed by atoms with Crippen molar-refractivity contribution in [1.29, 1.82) is 0 Å². The van der Waals surface area contributed by atoms with Crippen LogP contribution >= 0.6 is 35.3 Å². The van der Waals surface area contributed by atoms with Gasteiger partial charge in [-0.05, 0) is 43.0 Å². The van der Waals surface area contributed by atoms with Crippen molar-refractivity contribution in [2.75, 3.05) is 32.8 Å². The van der Waals surface area contributed by atoms with E-state index in [1.807, 2.05) is 43.5 Å². The number of hydrogen-bond donors (Lipinski definition) is 3. The number of thiophene rings is 1. The second kappa shape index (κ2) is 10.7. The van der Waals surface area contributed by atoms with Crippen LogP contribution in [0.25, 0.3) is 0 Å². The number of benzene rings is 1. The second-order valence-electron chi connectivity index (χ2n) is 8.04. The van der Waals surface area contributed by atoms with E-state index in [0.29, 0.717) is 32.3 Å². The Balaban J connectivity index is 0.00000320.